The maximum atomic E-state index is 4.91. The van der Waals surface area contributed by atoms with Gasteiger partial charge in [-0.05, 0) is 50.3 Å². The number of nitrogens with zero attached hydrogens (tertiary/aromatic N) is 2. The highest BCUT2D eigenvalue weighted by Crippen LogP contribution is 2.21. The molecule has 0 atom stereocenters. The second-order valence-corrected chi connectivity index (χ2v) is 6.27. The molecule has 0 radical (unpaired) electrons. The average Bonchev–Trinajstić information content (AvgIpc) is 2.75. The van der Waals surface area contributed by atoms with Crippen molar-refractivity contribution in [2.75, 3.05) is 0 Å². The first-order valence-electron chi connectivity index (χ1n) is 8.31. The first-order valence-corrected chi connectivity index (χ1v) is 8.31. The molecule has 1 aliphatic carbocycles. The molecule has 3 rings (SSSR count). The van der Waals surface area contributed by atoms with Crippen molar-refractivity contribution >= 4 is 5.65 Å². The van der Waals surface area contributed by atoms with Crippen LogP contribution in [0, 0.1) is 6.92 Å². The van der Waals surface area contributed by atoms with Crippen molar-refractivity contribution in [3.63, 3.8) is 0 Å². The number of rotatable bonds is 0. The van der Waals surface area contributed by atoms with E-state index in [-0.39, 0.29) is 0 Å². The lowest BCUT2D eigenvalue weighted by atomic mass is 10.0. The quantitative estimate of drug-likeness (QED) is 0.668. The highest BCUT2D eigenvalue weighted by atomic mass is 15.0. The predicted molar refractivity (Wildman–Crippen MR) is 84.3 cm³/mol. The third-order valence-corrected chi connectivity index (χ3v) is 4.54. The average molecular weight is 270 g/mol. The molecule has 0 fully saturated rings. The van der Waals surface area contributed by atoms with Gasteiger partial charge in [0.1, 0.15) is 5.65 Å². The molecule has 0 bridgehead atoms. The van der Waals surface area contributed by atoms with Gasteiger partial charge in [-0.15, -0.1) is 0 Å². The molecule has 1 aliphatic rings. The van der Waals surface area contributed by atoms with E-state index in [1.54, 1.807) is 0 Å². The Balaban J connectivity index is 1.90. The summed E-state index contributed by atoms with van der Waals surface area (Å²) in [5, 5.41) is 0. The Bertz CT molecular complexity index is 568. The van der Waals surface area contributed by atoms with Crippen LogP contribution in [0.4, 0.5) is 0 Å². The van der Waals surface area contributed by atoms with Gasteiger partial charge in [0.25, 0.3) is 0 Å². The smallest absolute Gasteiger partial charge is 0.137 e. The van der Waals surface area contributed by atoms with Gasteiger partial charge >= 0.3 is 0 Å². The van der Waals surface area contributed by atoms with E-state index in [4.69, 9.17) is 4.98 Å². The molecular weight excluding hydrogens is 244 g/mol. The number of aromatic nitrogens is 2. The Morgan fingerprint density at radius 3 is 2.30 bits per heavy atom. The van der Waals surface area contributed by atoms with Crippen molar-refractivity contribution in [2.24, 2.45) is 0 Å². The molecule has 0 aliphatic heterocycles. The Morgan fingerprint density at radius 1 is 0.900 bits per heavy atom. The number of imidazole rings is 1. The molecule has 0 N–H and O–H groups in total. The van der Waals surface area contributed by atoms with Gasteiger partial charge in [0, 0.05) is 11.9 Å². The minimum Gasteiger partial charge on any atom is -0.304 e. The van der Waals surface area contributed by atoms with E-state index in [1.165, 1.54) is 74.7 Å². The van der Waals surface area contributed by atoms with E-state index in [0.717, 1.165) is 12.1 Å². The third-order valence-electron chi connectivity index (χ3n) is 4.54. The summed E-state index contributed by atoms with van der Waals surface area (Å²) in [6, 6.07) is 4.41. The topological polar surface area (TPSA) is 17.3 Å². The van der Waals surface area contributed by atoms with Gasteiger partial charge in [-0.2, -0.15) is 0 Å². The minimum absolute atomic E-state index is 1.14. The normalized spacial score (nSPS) is 18.2. The van der Waals surface area contributed by atoms with Crippen LogP contribution in [-0.4, -0.2) is 9.38 Å². The van der Waals surface area contributed by atoms with E-state index in [9.17, 15) is 0 Å². The second kappa shape index (κ2) is 6.43. The maximum Gasteiger partial charge on any atom is 0.137 e. The second-order valence-electron chi connectivity index (χ2n) is 6.27. The molecule has 20 heavy (non-hydrogen) atoms. The summed E-state index contributed by atoms with van der Waals surface area (Å²) in [6.07, 6.45) is 15.6. The van der Waals surface area contributed by atoms with E-state index in [2.05, 4.69) is 29.7 Å². The molecule has 0 unspecified atom stereocenters. The summed E-state index contributed by atoms with van der Waals surface area (Å²) in [5.41, 5.74) is 5.28. The summed E-state index contributed by atoms with van der Waals surface area (Å²) in [4.78, 5) is 4.91. The number of hydrogen-bond acceptors (Lipinski definition) is 1. The minimum atomic E-state index is 1.14. The summed E-state index contributed by atoms with van der Waals surface area (Å²) in [5.74, 6) is 0. The maximum absolute atomic E-state index is 4.91. The number of pyridine rings is 1. The Labute approximate surface area is 122 Å². The molecule has 0 spiro atoms. The highest BCUT2D eigenvalue weighted by molar-refractivity contribution is 5.45. The lowest BCUT2D eigenvalue weighted by Crippen LogP contribution is -1.99. The number of hydrogen-bond donors (Lipinski definition) is 0. The van der Waals surface area contributed by atoms with Crippen molar-refractivity contribution in [2.45, 2.75) is 71.1 Å². The van der Waals surface area contributed by atoms with Crippen molar-refractivity contribution in [1.29, 1.82) is 0 Å². The van der Waals surface area contributed by atoms with Crippen LogP contribution in [0.25, 0.3) is 5.65 Å². The number of aryl methyl sites for hydroxylation is 3. The Hall–Kier alpha value is -1.31. The van der Waals surface area contributed by atoms with Gasteiger partial charge in [-0.1, -0.05) is 38.5 Å². The molecule has 2 nitrogen and oxygen atoms in total. The van der Waals surface area contributed by atoms with Crippen LogP contribution < -0.4 is 0 Å². The van der Waals surface area contributed by atoms with E-state index in [0.29, 0.717) is 0 Å². The molecule has 2 aromatic heterocycles. The zero-order valence-corrected chi connectivity index (χ0v) is 12.7. The largest absolute Gasteiger partial charge is 0.304 e. The summed E-state index contributed by atoms with van der Waals surface area (Å²) >= 11 is 0. The van der Waals surface area contributed by atoms with Crippen LogP contribution in [0.15, 0.2) is 18.3 Å². The summed E-state index contributed by atoms with van der Waals surface area (Å²) in [6.45, 7) is 2.15. The molecular formula is C18H26N2. The molecule has 0 saturated heterocycles. The molecule has 2 aromatic rings. The SMILES string of the molecule is Cc1ccn2c3c(nc2c1)CCCCCCCCCC3. The first-order chi connectivity index (χ1) is 9.84. The van der Waals surface area contributed by atoms with E-state index < -0.39 is 0 Å². The van der Waals surface area contributed by atoms with Crippen molar-refractivity contribution in [3.05, 3.63) is 35.3 Å². The van der Waals surface area contributed by atoms with E-state index >= 15 is 0 Å². The van der Waals surface area contributed by atoms with Crippen LogP contribution in [0.2, 0.25) is 0 Å². The third kappa shape index (κ3) is 3.05. The standard InChI is InChI=1S/C18H26N2/c1-15-12-13-20-17-11-9-7-5-3-2-4-6-8-10-16(17)19-18(20)14-15/h12-14H,2-11H2,1H3. The zero-order valence-electron chi connectivity index (χ0n) is 12.7. The first kappa shape index (κ1) is 13.7. The predicted octanol–water partition coefficient (Wildman–Crippen LogP) is 4.86. The lowest BCUT2D eigenvalue weighted by molar-refractivity contribution is 0.555. The Kier molecular flexibility index (Phi) is 4.39. The molecule has 0 saturated carbocycles. The molecule has 2 heterocycles. The number of fused-ring (bicyclic) bond motifs is 3. The fourth-order valence-electron chi connectivity index (χ4n) is 3.36. The van der Waals surface area contributed by atoms with Gasteiger partial charge in [0.15, 0.2) is 0 Å². The van der Waals surface area contributed by atoms with Crippen LogP contribution in [0.1, 0.15) is 68.3 Å². The van der Waals surface area contributed by atoms with Crippen molar-refractivity contribution in [3.8, 4) is 0 Å². The van der Waals surface area contributed by atoms with Gasteiger partial charge in [0.05, 0.1) is 5.69 Å². The van der Waals surface area contributed by atoms with Crippen LogP contribution >= 0.6 is 0 Å². The molecule has 108 valence electrons. The lowest BCUT2D eigenvalue weighted by Gasteiger charge is -2.08. The van der Waals surface area contributed by atoms with Crippen LogP contribution in [-0.2, 0) is 12.8 Å². The van der Waals surface area contributed by atoms with Crippen LogP contribution in [0.3, 0.4) is 0 Å². The van der Waals surface area contributed by atoms with Gasteiger partial charge in [0.2, 0.25) is 0 Å². The van der Waals surface area contributed by atoms with Gasteiger partial charge in [-0.3, -0.25) is 0 Å². The van der Waals surface area contributed by atoms with Crippen molar-refractivity contribution < 1.29 is 0 Å². The summed E-state index contributed by atoms with van der Waals surface area (Å²) < 4.78 is 2.33. The molecule has 0 aromatic carbocycles. The monoisotopic (exact) mass is 270 g/mol. The van der Waals surface area contributed by atoms with Gasteiger partial charge < -0.3 is 4.40 Å². The molecule has 0 amide bonds. The fourth-order valence-corrected chi connectivity index (χ4v) is 3.36. The van der Waals surface area contributed by atoms with E-state index in [1.807, 2.05) is 0 Å². The fraction of sp³-hybridized carbons (Fsp3) is 0.611. The highest BCUT2D eigenvalue weighted by Gasteiger charge is 2.12. The van der Waals surface area contributed by atoms with Gasteiger partial charge in [-0.25, -0.2) is 4.98 Å². The zero-order chi connectivity index (χ0) is 13.8. The summed E-state index contributed by atoms with van der Waals surface area (Å²) in [7, 11) is 0. The van der Waals surface area contributed by atoms with Crippen molar-refractivity contribution in [1.82, 2.24) is 9.38 Å². The molecule has 2 heteroatoms. The van der Waals surface area contributed by atoms with Crippen LogP contribution in [0.5, 0.6) is 0 Å². The Morgan fingerprint density at radius 2 is 1.55 bits per heavy atom.